The number of ether oxygens (including phenoxy) is 2. The molecule has 1 atom stereocenters. The molecule has 6 heteroatoms. The molecule has 0 aliphatic carbocycles. The molecule has 0 saturated carbocycles. The molecule has 0 bridgehead atoms. The van der Waals surface area contributed by atoms with Crippen LogP contribution in [0.2, 0.25) is 0 Å². The highest BCUT2D eigenvalue weighted by atomic mass is 16.5. The fourth-order valence-corrected chi connectivity index (χ4v) is 3.37. The molecule has 0 spiro atoms. The smallest absolute Gasteiger partial charge is 0.317 e. The van der Waals surface area contributed by atoms with Gasteiger partial charge in [0.15, 0.2) is 0 Å². The average molecular weight is 384 g/mol. The van der Waals surface area contributed by atoms with Crippen molar-refractivity contribution in [3.05, 3.63) is 65.7 Å². The zero-order valence-corrected chi connectivity index (χ0v) is 16.3. The lowest BCUT2D eigenvalue weighted by molar-refractivity contribution is -0.138. The number of morpholine rings is 1. The second kappa shape index (κ2) is 10.2. The van der Waals surface area contributed by atoms with Crippen molar-refractivity contribution < 1.29 is 19.4 Å². The van der Waals surface area contributed by atoms with E-state index in [9.17, 15) is 4.79 Å². The highest BCUT2D eigenvalue weighted by Gasteiger charge is 2.22. The second-order valence-electron chi connectivity index (χ2n) is 7.24. The molecule has 1 saturated heterocycles. The zero-order valence-electron chi connectivity index (χ0n) is 16.3. The maximum Gasteiger partial charge on any atom is 0.317 e. The van der Waals surface area contributed by atoms with Gasteiger partial charge in [-0.3, -0.25) is 14.6 Å². The van der Waals surface area contributed by atoms with Crippen LogP contribution in [0, 0.1) is 0 Å². The van der Waals surface area contributed by atoms with Crippen molar-refractivity contribution in [2.45, 2.75) is 19.3 Å². The standard InChI is InChI=1S/C22H28N2O4/c1-23(16-22(25)26)14-21-15-24(11-12-27-21)13-18-7-9-20(10-8-18)28-17-19-5-3-2-4-6-19/h2-10,21H,11-17H2,1H3,(H,25,26). The topological polar surface area (TPSA) is 62.2 Å². The predicted octanol–water partition coefficient (Wildman–Crippen LogP) is 2.48. The second-order valence-corrected chi connectivity index (χ2v) is 7.24. The minimum Gasteiger partial charge on any atom is -0.489 e. The predicted molar refractivity (Wildman–Crippen MR) is 107 cm³/mol. The van der Waals surface area contributed by atoms with E-state index in [2.05, 4.69) is 29.2 Å². The summed E-state index contributed by atoms with van der Waals surface area (Å²) in [7, 11) is 1.81. The van der Waals surface area contributed by atoms with E-state index in [1.165, 1.54) is 5.56 Å². The number of benzene rings is 2. The Balaban J connectivity index is 1.46. The first-order valence-corrected chi connectivity index (χ1v) is 9.58. The monoisotopic (exact) mass is 384 g/mol. The molecule has 150 valence electrons. The first kappa shape index (κ1) is 20.3. The molecule has 2 aromatic rings. The van der Waals surface area contributed by atoms with Crippen LogP contribution >= 0.6 is 0 Å². The summed E-state index contributed by atoms with van der Waals surface area (Å²) in [6, 6.07) is 18.3. The lowest BCUT2D eigenvalue weighted by Crippen LogP contribution is -2.47. The molecular weight excluding hydrogens is 356 g/mol. The van der Waals surface area contributed by atoms with E-state index in [4.69, 9.17) is 14.6 Å². The van der Waals surface area contributed by atoms with Gasteiger partial charge in [0.05, 0.1) is 19.3 Å². The molecule has 1 aliphatic rings. The minimum atomic E-state index is -0.815. The first-order chi connectivity index (χ1) is 13.6. The van der Waals surface area contributed by atoms with Crippen LogP contribution in [0.1, 0.15) is 11.1 Å². The Bertz CT molecular complexity index is 736. The molecule has 1 heterocycles. The Morgan fingerprint density at radius 2 is 1.93 bits per heavy atom. The van der Waals surface area contributed by atoms with Crippen LogP contribution in [0.3, 0.4) is 0 Å². The summed E-state index contributed by atoms with van der Waals surface area (Å²) in [6.07, 6.45) is 0.0339. The van der Waals surface area contributed by atoms with E-state index in [1.807, 2.05) is 37.4 Å². The zero-order chi connectivity index (χ0) is 19.8. The van der Waals surface area contributed by atoms with Crippen molar-refractivity contribution in [2.24, 2.45) is 0 Å². The number of carboxylic acids is 1. The van der Waals surface area contributed by atoms with Gasteiger partial charge in [0.2, 0.25) is 0 Å². The summed E-state index contributed by atoms with van der Waals surface area (Å²) < 4.78 is 11.6. The highest BCUT2D eigenvalue weighted by molar-refractivity contribution is 5.69. The van der Waals surface area contributed by atoms with E-state index in [1.54, 1.807) is 4.90 Å². The summed E-state index contributed by atoms with van der Waals surface area (Å²) in [4.78, 5) is 14.9. The molecule has 0 radical (unpaired) electrons. The maximum absolute atomic E-state index is 10.8. The normalized spacial score (nSPS) is 17.6. The summed E-state index contributed by atoms with van der Waals surface area (Å²) in [5, 5.41) is 8.88. The van der Waals surface area contributed by atoms with Gasteiger partial charge >= 0.3 is 5.97 Å². The molecule has 28 heavy (non-hydrogen) atoms. The fourth-order valence-electron chi connectivity index (χ4n) is 3.37. The van der Waals surface area contributed by atoms with Crippen LogP contribution in [0.5, 0.6) is 5.75 Å². The molecule has 1 aliphatic heterocycles. The van der Waals surface area contributed by atoms with E-state index in [0.29, 0.717) is 19.8 Å². The quantitative estimate of drug-likeness (QED) is 0.717. The minimum absolute atomic E-state index is 0.0320. The largest absolute Gasteiger partial charge is 0.489 e. The van der Waals surface area contributed by atoms with E-state index < -0.39 is 5.97 Å². The molecule has 0 aromatic heterocycles. The van der Waals surface area contributed by atoms with Crippen molar-refractivity contribution in [3.63, 3.8) is 0 Å². The number of aliphatic carboxylic acids is 1. The average Bonchev–Trinajstić information content (AvgIpc) is 2.68. The van der Waals surface area contributed by atoms with Crippen molar-refractivity contribution in [3.8, 4) is 5.75 Å². The van der Waals surface area contributed by atoms with Gasteiger partial charge in [0.25, 0.3) is 0 Å². The van der Waals surface area contributed by atoms with E-state index in [0.717, 1.165) is 30.9 Å². The first-order valence-electron chi connectivity index (χ1n) is 9.58. The number of hydrogen-bond acceptors (Lipinski definition) is 5. The van der Waals surface area contributed by atoms with Gasteiger partial charge in [0.1, 0.15) is 12.4 Å². The third kappa shape index (κ3) is 6.64. The van der Waals surface area contributed by atoms with Crippen molar-refractivity contribution in [2.75, 3.05) is 39.8 Å². The summed E-state index contributed by atoms with van der Waals surface area (Å²) in [5.74, 6) is 0.0486. The number of likely N-dealkylation sites (N-methyl/N-ethyl adjacent to an activating group) is 1. The van der Waals surface area contributed by atoms with Crippen LogP contribution in [-0.4, -0.2) is 66.8 Å². The van der Waals surface area contributed by atoms with Crippen LogP contribution in [0.25, 0.3) is 0 Å². The molecule has 3 rings (SSSR count). The van der Waals surface area contributed by atoms with Crippen LogP contribution in [-0.2, 0) is 22.7 Å². The molecule has 0 amide bonds. The summed E-state index contributed by atoms with van der Waals surface area (Å²) in [5.41, 5.74) is 2.38. The molecule has 1 fully saturated rings. The van der Waals surface area contributed by atoms with Crippen molar-refractivity contribution in [1.29, 1.82) is 0 Å². The van der Waals surface area contributed by atoms with Gasteiger partial charge in [-0.05, 0) is 30.3 Å². The molecule has 2 aromatic carbocycles. The van der Waals surface area contributed by atoms with Gasteiger partial charge in [-0.2, -0.15) is 0 Å². The Labute approximate surface area is 166 Å². The maximum atomic E-state index is 10.8. The van der Waals surface area contributed by atoms with E-state index in [-0.39, 0.29) is 12.6 Å². The van der Waals surface area contributed by atoms with Gasteiger partial charge in [-0.25, -0.2) is 0 Å². The Morgan fingerprint density at radius 3 is 2.64 bits per heavy atom. The number of carboxylic acid groups (broad SMARTS) is 1. The van der Waals surface area contributed by atoms with Crippen molar-refractivity contribution >= 4 is 5.97 Å². The Morgan fingerprint density at radius 1 is 1.18 bits per heavy atom. The van der Waals surface area contributed by atoms with Gasteiger partial charge in [0, 0.05) is 26.2 Å². The fraction of sp³-hybridized carbons (Fsp3) is 0.409. The van der Waals surface area contributed by atoms with Gasteiger partial charge < -0.3 is 14.6 Å². The number of nitrogens with zero attached hydrogens (tertiary/aromatic N) is 2. The Kier molecular flexibility index (Phi) is 7.42. The lowest BCUT2D eigenvalue weighted by atomic mass is 10.1. The SMILES string of the molecule is CN(CC(=O)O)CC1CN(Cc2ccc(OCc3ccccc3)cc2)CCO1. The van der Waals surface area contributed by atoms with Gasteiger partial charge in [-0.1, -0.05) is 42.5 Å². The lowest BCUT2D eigenvalue weighted by Gasteiger charge is -2.34. The van der Waals surface area contributed by atoms with Crippen molar-refractivity contribution in [1.82, 2.24) is 9.80 Å². The number of rotatable bonds is 9. The third-order valence-corrected chi connectivity index (χ3v) is 4.72. The van der Waals surface area contributed by atoms with Crippen LogP contribution in [0.15, 0.2) is 54.6 Å². The highest BCUT2D eigenvalue weighted by Crippen LogP contribution is 2.17. The molecule has 1 unspecified atom stereocenters. The van der Waals surface area contributed by atoms with Crippen LogP contribution < -0.4 is 4.74 Å². The summed E-state index contributed by atoms with van der Waals surface area (Å²) >= 11 is 0. The van der Waals surface area contributed by atoms with Gasteiger partial charge in [-0.15, -0.1) is 0 Å². The molecule has 6 nitrogen and oxygen atoms in total. The van der Waals surface area contributed by atoms with Crippen LogP contribution in [0.4, 0.5) is 0 Å². The van der Waals surface area contributed by atoms with E-state index >= 15 is 0 Å². The molecule has 1 N–H and O–H groups in total. The Hall–Kier alpha value is -2.41. The summed E-state index contributed by atoms with van der Waals surface area (Å²) in [6.45, 7) is 4.42. The number of hydrogen-bond donors (Lipinski definition) is 1. The molecular formula is C22H28N2O4. The third-order valence-electron chi connectivity index (χ3n) is 4.72. The number of carbonyl (C=O) groups is 1.